The molecule has 0 unspecified atom stereocenters. The van der Waals surface area contributed by atoms with E-state index < -0.39 is 0 Å². The first-order chi connectivity index (χ1) is 10.7. The van der Waals surface area contributed by atoms with Gasteiger partial charge in [-0.3, -0.25) is 5.43 Å². The summed E-state index contributed by atoms with van der Waals surface area (Å²) in [4.78, 5) is 4.59. The van der Waals surface area contributed by atoms with Gasteiger partial charge in [-0.2, -0.15) is 5.10 Å². The van der Waals surface area contributed by atoms with Crippen LogP contribution in [0.1, 0.15) is 44.0 Å². The van der Waals surface area contributed by atoms with E-state index in [9.17, 15) is 0 Å². The van der Waals surface area contributed by atoms with E-state index in [2.05, 4.69) is 26.9 Å². The zero-order valence-corrected chi connectivity index (χ0v) is 14.3. The van der Waals surface area contributed by atoms with E-state index in [0.717, 1.165) is 16.2 Å². The quantitative estimate of drug-likeness (QED) is 0.510. The molecule has 1 aliphatic rings. The van der Waals surface area contributed by atoms with E-state index in [4.69, 9.17) is 12.2 Å². The van der Waals surface area contributed by atoms with Gasteiger partial charge in [-0.15, -0.1) is 11.3 Å². The molecule has 22 heavy (non-hydrogen) atoms. The Labute approximate surface area is 140 Å². The summed E-state index contributed by atoms with van der Waals surface area (Å²) in [6, 6.07) is 8.61. The summed E-state index contributed by atoms with van der Waals surface area (Å²) in [6.45, 7) is 1.95. The number of benzene rings is 1. The number of nitrogens with one attached hydrogen (secondary N) is 2. The fraction of sp³-hybridized carbons (Fsp3) is 0.438. The SMILES string of the molecule is C/C(=N/NC(=S)NC1CCCCC1)c1nc2ccccc2s1. The van der Waals surface area contributed by atoms with Crippen LogP contribution < -0.4 is 10.7 Å². The Kier molecular flexibility index (Phi) is 5.00. The molecule has 0 saturated heterocycles. The van der Waals surface area contributed by atoms with Crippen LogP contribution in [0, 0.1) is 0 Å². The van der Waals surface area contributed by atoms with E-state index >= 15 is 0 Å². The van der Waals surface area contributed by atoms with Crippen molar-refractivity contribution in [1.82, 2.24) is 15.7 Å². The minimum Gasteiger partial charge on any atom is -0.359 e. The van der Waals surface area contributed by atoms with E-state index in [0.29, 0.717) is 11.2 Å². The van der Waals surface area contributed by atoms with Crippen molar-refractivity contribution in [2.45, 2.75) is 45.1 Å². The number of hydrogen-bond donors (Lipinski definition) is 2. The lowest BCUT2D eigenvalue weighted by molar-refractivity contribution is 0.412. The largest absolute Gasteiger partial charge is 0.359 e. The van der Waals surface area contributed by atoms with Crippen molar-refractivity contribution < 1.29 is 0 Å². The van der Waals surface area contributed by atoms with E-state index in [-0.39, 0.29) is 0 Å². The van der Waals surface area contributed by atoms with Crippen molar-refractivity contribution in [3.8, 4) is 0 Å². The lowest BCUT2D eigenvalue weighted by atomic mass is 9.96. The van der Waals surface area contributed by atoms with Crippen molar-refractivity contribution in [2.75, 3.05) is 0 Å². The second-order valence-corrected chi connectivity index (χ2v) is 7.04. The van der Waals surface area contributed by atoms with Crippen LogP contribution in [0.5, 0.6) is 0 Å². The normalized spacial score (nSPS) is 16.7. The summed E-state index contributed by atoms with van der Waals surface area (Å²) >= 11 is 6.97. The fourth-order valence-corrected chi connectivity index (χ4v) is 3.80. The van der Waals surface area contributed by atoms with Crippen molar-refractivity contribution in [3.05, 3.63) is 29.3 Å². The van der Waals surface area contributed by atoms with Gasteiger partial charge in [-0.25, -0.2) is 4.98 Å². The second-order valence-electron chi connectivity index (χ2n) is 5.60. The Morgan fingerprint density at radius 3 is 2.82 bits per heavy atom. The van der Waals surface area contributed by atoms with Crippen LogP contribution in [0.4, 0.5) is 0 Å². The molecule has 0 radical (unpaired) electrons. The number of para-hydroxylation sites is 1. The second kappa shape index (κ2) is 7.15. The molecule has 0 amide bonds. The summed E-state index contributed by atoms with van der Waals surface area (Å²) in [5, 5.41) is 9.24. The van der Waals surface area contributed by atoms with Gasteiger partial charge in [0.25, 0.3) is 0 Å². The van der Waals surface area contributed by atoms with Gasteiger partial charge in [0, 0.05) is 6.04 Å². The Balaban J connectivity index is 1.60. The van der Waals surface area contributed by atoms with Gasteiger partial charge in [0.1, 0.15) is 5.01 Å². The lowest BCUT2D eigenvalue weighted by Crippen LogP contribution is -2.41. The van der Waals surface area contributed by atoms with Crippen LogP contribution in [-0.4, -0.2) is 21.8 Å². The van der Waals surface area contributed by atoms with E-state index in [1.54, 1.807) is 11.3 Å². The molecule has 1 aromatic heterocycles. The van der Waals surface area contributed by atoms with Gasteiger partial charge < -0.3 is 5.32 Å². The van der Waals surface area contributed by atoms with Crippen molar-refractivity contribution >= 4 is 44.6 Å². The minimum absolute atomic E-state index is 0.492. The van der Waals surface area contributed by atoms with Crippen molar-refractivity contribution in [2.24, 2.45) is 5.10 Å². The zero-order chi connectivity index (χ0) is 15.4. The molecule has 1 aromatic carbocycles. The highest BCUT2D eigenvalue weighted by Gasteiger charge is 2.13. The summed E-state index contributed by atoms with van der Waals surface area (Å²) in [5.41, 5.74) is 4.82. The number of aromatic nitrogens is 1. The number of hydrogen-bond acceptors (Lipinski definition) is 4. The fourth-order valence-electron chi connectivity index (χ4n) is 2.67. The maximum absolute atomic E-state index is 5.32. The third kappa shape index (κ3) is 3.81. The highest BCUT2D eigenvalue weighted by atomic mass is 32.1. The van der Waals surface area contributed by atoms with Gasteiger partial charge in [-0.1, -0.05) is 31.4 Å². The van der Waals surface area contributed by atoms with Gasteiger partial charge in [0.2, 0.25) is 0 Å². The number of hydrazone groups is 1. The van der Waals surface area contributed by atoms with Gasteiger partial charge in [-0.05, 0) is 44.1 Å². The Bertz CT molecular complexity index is 653. The molecule has 2 N–H and O–H groups in total. The molecule has 6 heteroatoms. The molecule has 1 aliphatic carbocycles. The monoisotopic (exact) mass is 332 g/mol. The molecule has 0 aliphatic heterocycles. The first-order valence-corrected chi connectivity index (χ1v) is 8.91. The maximum Gasteiger partial charge on any atom is 0.187 e. The van der Waals surface area contributed by atoms with Crippen LogP contribution in [0.2, 0.25) is 0 Å². The van der Waals surface area contributed by atoms with Crippen molar-refractivity contribution in [1.29, 1.82) is 0 Å². The highest BCUT2D eigenvalue weighted by Crippen LogP contribution is 2.22. The molecule has 116 valence electrons. The first kappa shape index (κ1) is 15.4. The number of fused-ring (bicyclic) bond motifs is 1. The highest BCUT2D eigenvalue weighted by molar-refractivity contribution is 7.80. The predicted octanol–water partition coefficient (Wildman–Crippen LogP) is 3.82. The molecule has 0 spiro atoms. The van der Waals surface area contributed by atoms with E-state index in [1.165, 1.54) is 36.8 Å². The van der Waals surface area contributed by atoms with Crippen LogP contribution in [0.15, 0.2) is 29.4 Å². The lowest BCUT2D eigenvalue weighted by Gasteiger charge is -2.23. The summed E-state index contributed by atoms with van der Waals surface area (Å²) < 4.78 is 1.18. The number of nitrogens with zero attached hydrogens (tertiary/aromatic N) is 2. The van der Waals surface area contributed by atoms with Gasteiger partial charge >= 0.3 is 0 Å². The molecule has 4 nitrogen and oxygen atoms in total. The number of rotatable bonds is 3. The topological polar surface area (TPSA) is 49.3 Å². The Morgan fingerprint density at radius 1 is 1.27 bits per heavy atom. The van der Waals surface area contributed by atoms with Crippen LogP contribution in [0.3, 0.4) is 0 Å². The summed E-state index contributed by atoms with van der Waals surface area (Å²) in [6.07, 6.45) is 6.31. The van der Waals surface area contributed by atoms with Gasteiger partial charge in [0.15, 0.2) is 5.11 Å². The molecule has 2 aromatic rings. The Hall–Kier alpha value is -1.53. The van der Waals surface area contributed by atoms with Crippen LogP contribution in [0.25, 0.3) is 10.2 Å². The number of thiocarbonyl (C=S) groups is 1. The van der Waals surface area contributed by atoms with Crippen molar-refractivity contribution in [3.63, 3.8) is 0 Å². The molecular formula is C16H20N4S2. The van der Waals surface area contributed by atoms with Gasteiger partial charge in [0.05, 0.1) is 15.9 Å². The first-order valence-electron chi connectivity index (χ1n) is 7.69. The summed E-state index contributed by atoms with van der Waals surface area (Å²) in [5.74, 6) is 0. The molecule has 1 fully saturated rings. The molecule has 0 bridgehead atoms. The molecule has 0 atom stereocenters. The minimum atomic E-state index is 0.492. The summed E-state index contributed by atoms with van der Waals surface area (Å²) in [7, 11) is 0. The molecule has 1 heterocycles. The predicted molar refractivity (Wildman–Crippen MR) is 97.6 cm³/mol. The number of thiazole rings is 1. The average molecular weight is 332 g/mol. The molecule has 3 rings (SSSR count). The molecular weight excluding hydrogens is 312 g/mol. The van der Waals surface area contributed by atoms with Crippen LogP contribution in [-0.2, 0) is 0 Å². The van der Waals surface area contributed by atoms with E-state index in [1.807, 2.05) is 25.1 Å². The van der Waals surface area contributed by atoms with Crippen LogP contribution >= 0.6 is 23.6 Å². The average Bonchev–Trinajstić information content (AvgIpc) is 2.98. The zero-order valence-electron chi connectivity index (χ0n) is 12.6. The Morgan fingerprint density at radius 2 is 2.05 bits per heavy atom. The molecule has 1 saturated carbocycles. The maximum atomic E-state index is 5.32. The third-order valence-corrected chi connectivity index (χ3v) is 5.22. The third-order valence-electron chi connectivity index (χ3n) is 3.87. The smallest absolute Gasteiger partial charge is 0.187 e. The standard InChI is InChI=1S/C16H20N4S2/c1-11(15-18-13-9-5-6-10-14(13)22-15)19-20-16(21)17-12-7-3-2-4-8-12/h5-6,9-10,12H,2-4,7-8H2,1H3,(H2,17,20,21)/b19-11-.